The van der Waals surface area contributed by atoms with Crippen LogP contribution in [0.1, 0.15) is 23.8 Å². The summed E-state index contributed by atoms with van der Waals surface area (Å²) >= 11 is 0. The van der Waals surface area contributed by atoms with E-state index >= 15 is 0 Å². The molecule has 0 saturated heterocycles. The van der Waals surface area contributed by atoms with Crippen molar-refractivity contribution in [1.29, 1.82) is 0 Å². The number of hydrogen-bond donors (Lipinski definition) is 1. The van der Waals surface area contributed by atoms with Gasteiger partial charge in [-0.3, -0.25) is 4.79 Å². The number of rotatable bonds is 2. The number of hydrogen-bond acceptors (Lipinski definition) is 4. The zero-order valence-electron chi connectivity index (χ0n) is 5.63. The lowest BCUT2D eigenvalue weighted by Crippen LogP contribution is -1.95. The minimum Gasteiger partial charge on any atom is -0.368 e. The van der Waals surface area contributed by atoms with Crippen LogP contribution in [0.2, 0.25) is 0 Å². The minimum atomic E-state index is -0.0551. The van der Waals surface area contributed by atoms with Gasteiger partial charge in [-0.2, -0.15) is 0 Å². The molecule has 54 valence electrons. The average molecular weight is 140 g/mol. The Morgan fingerprint density at radius 3 is 3.00 bits per heavy atom. The molecule has 0 aliphatic heterocycles. The lowest BCUT2D eigenvalue weighted by atomic mass is 10.2. The van der Waals surface area contributed by atoms with E-state index in [4.69, 9.17) is 5.73 Å². The number of carbonyl (C=O) groups excluding carboxylic acids is 1. The molecule has 0 fully saturated rings. The van der Waals surface area contributed by atoms with Crippen LogP contribution in [-0.4, -0.2) is 10.9 Å². The van der Waals surface area contributed by atoms with E-state index in [0.717, 1.165) is 0 Å². The molecular formula is C6H8N2O2. The molecule has 4 heteroatoms. The van der Waals surface area contributed by atoms with E-state index in [1.807, 2.05) is 0 Å². The van der Waals surface area contributed by atoms with E-state index in [0.29, 0.717) is 12.1 Å². The number of ketones is 1. The van der Waals surface area contributed by atoms with Crippen molar-refractivity contribution in [2.24, 2.45) is 0 Å². The predicted molar refractivity (Wildman–Crippen MR) is 35.5 cm³/mol. The van der Waals surface area contributed by atoms with Crippen molar-refractivity contribution < 1.29 is 9.32 Å². The fourth-order valence-electron chi connectivity index (χ4n) is 0.602. The summed E-state index contributed by atoms with van der Waals surface area (Å²) in [7, 11) is 0. The summed E-state index contributed by atoms with van der Waals surface area (Å²) < 4.78 is 4.49. The van der Waals surface area contributed by atoms with Gasteiger partial charge in [0.15, 0.2) is 11.5 Å². The molecule has 4 nitrogen and oxygen atoms in total. The highest BCUT2D eigenvalue weighted by molar-refractivity contribution is 5.94. The van der Waals surface area contributed by atoms with Crippen molar-refractivity contribution in [2.75, 3.05) is 5.73 Å². The van der Waals surface area contributed by atoms with Gasteiger partial charge < -0.3 is 10.3 Å². The van der Waals surface area contributed by atoms with Crippen molar-refractivity contribution in [3.63, 3.8) is 0 Å². The van der Waals surface area contributed by atoms with Crippen LogP contribution in [0.15, 0.2) is 10.6 Å². The van der Waals surface area contributed by atoms with Crippen molar-refractivity contribution in [1.82, 2.24) is 5.16 Å². The van der Waals surface area contributed by atoms with Crippen LogP contribution in [0.4, 0.5) is 5.88 Å². The molecule has 0 unspecified atom stereocenters. The number of aromatic nitrogens is 1. The molecule has 1 heterocycles. The molecule has 0 bridgehead atoms. The Hall–Kier alpha value is -1.32. The van der Waals surface area contributed by atoms with Crippen molar-refractivity contribution >= 4 is 11.7 Å². The van der Waals surface area contributed by atoms with Gasteiger partial charge in [-0.05, 0) is 0 Å². The maximum atomic E-state index is 10.8. The zero-order valence-corrected chi connectivity index (χ0v) is 5.63. The Balaban J connectivity index is 2.85. The summed E-state index contributed by atoms with van der Waals surface area (Å²) in [6.45, 7) is 1.76. The third-order valence-electron chi connectivity index (χ3n) is 1.14. The molecular weight excluding hydrogens is 132 g/mol. The molecule has 0 saturated carbocycles. The summed E-state index contributed by atoms with van der Waals surface area (Å²) in [5.74, 6) is 0.122. The Morgan fingerprint density at radius 2 is 2.60 bits per heavy atom. The molecule has 0 radical (unpaired) electrons. The summed E-state index contributed by atoms with van der Waals surface area (Å²) in [6.07, 6.45) is 0.423. The van der Waals surface area contributed by atoms with Crippen LogP contribution in [0.3, 0.4) is 0 Å². The summed E-state index contributed by atoms with van der Waals surface area (Å²) in [4.78, 5) is 10.8. The maximum Gasteiger partial charge on any atom is 0.222 e. The molecule has 0 aliphatic rings. The van der Waals surface area contributed by atoms with Gasteiger partial charge in [0, 0.05) is 12.5 Å². The SMILES string of the molecule is CCC(=O)c1cc(N)on1. The van der Waals surface area contributed by atoms with E-state index in [-0.39, 0.29) is 11.7 Å². The fourth-order valence-corrected chi connectivity index (χ4v) is 0.602. The second-order valence-electron chi connectivity index (χ2n) is 1.89. The van der Waals surface area contributed by atoms with E-state index < -0.39 is 0 Å². The second-order valence-corrected chi connectivity index (χ2v) is 1.89. The van der Waals surface area contributed by atoms with Gasteiger partial charge in [-0.1, -0.05) is 12.1 Å². The Bertz CT molecular complexity index is 242. The van der Waals surface area contributed by atoms with Crippen molar-refractivity contribution in [2.45, 2.75) is 13.3 Å². The van der Waals surface area contributed by atoms with Crippen molar-refractivity contribution in [3.05, 3.63) is 11.8 Å². The largest absolute Gasteiger partial charge is 0.368 e. The standard InChI is InChI=1S/C6H8N2O2/c1-2-5(9)4-3-6(7)10-8-4/h3H,2,7H2,1H3. The molecule has 1 rings (SSSR count). The molecule has 2 N–H and O–H groups in total. The quantitative estimate of drug-likeness (QED) is 0.618. The number of nitrogens with zero attached hydrogens (tertiary/aromatic N) is 1. The zero-order chi connectivity index (χ0) is 7.56. The first-order chi connectivity index (χ1) is 4.74. The third kappa shape index (κ3) is 1.15. The summed E-state index contributed by atoms with van der Waals surface area (Å²) in [5.41, 5.74) is 5.50. The van der Waals surface area contributed by atoms with Gasteiger partial charge in [0.2, 0.25) is 5.88 Å². The summed E-state index contributed by atoms with van der Waals surface area (Å²) in [6, 6.07) is 1.42. The maximum absolute atomic E-state index is 10.8. The van der Waals surface area contributed by atoms with Gasteiger partial charge in [-0.25, -0.2) is 0 Å². The molecule has 0 amide bonds. The van der Waals surface area contributed by atoms with Gasteiger partial charge >= 0.3 is 0 Å². The van der Waals surface area contributed by atoms with Crippen LogP contribution in [0, 0.1) is 0 Å². The van der Waals surface area contributed by atoms with Gasteiger partial charge in [-0.15, -0.1) is 0 Å². The van der Waals surface area contributed by atoms with Gasteiger partial charge in [0.05, 0.1) is 0 Å². The van der Waals surface area contributed by atoms with Crippen LogP contribution < -0.4 is 5.73 Å². The molecule has 0 aliphatic carbocycles. The molecule has 0 atom stereocenters. The summed E-state index contributed by atoms with van der Waals surface area (Å²) in [5, 5.41) is 3.44. The first kappa shape index (κ1) is 6.80. The number of anilines is 1. The Morgan fingerprint density at radius 1 is 1.90 bits per heavy atom. The highest BCUT2D eigenvalue weighted by Crippen LogP contribution is 2.06. The van der Waals surface area contributed by atoms with Crippen LogP contribution in [0.5, 0.6) is 0 Å². The van der Waals surface area contributed by atoms with Crippen LogP contribution >= 0.6 is 0 Å². The van der Waals surface area contributed by atoms with E-state index in [9.17, 15) is 4.79 Å². The minimum absolute atomic E-state index is 0.0551. The fraction of sp³-hybridized carbons (Fsp3) is 0.333. The van der Waals surface area contributed by atoms with Crippen LogP contribution in [-0.2, 0) is 0 Å². The van der Waals surface area contributed by atoms with Crippen molar-refractivity contribution in [3.8, 4) is 0 Å². The highest BCUT2D eigenvalue weighted by Gasteiger charge is 2.07. The van der Waals surface area contributed by atoms with Gasteiger partial charge in [0.25, 0.3) is 0 Å². The number of nitrogen functional groups attached to an aromatic ring is 1. The third-order valence-corrected chi connectivity index (χ3v) is 1.14. The van der Waals surface area contributed by atoms with Crippen LogP contribution in [0.25, 0.3) is 0 Å². The normalized spacial score (nSPS) is 9.70. The molecule has 1 aromatic rings. The lowest BCUT2D eigenvalue weighted by molar-refractivity contribution is 0.0979. The van der Waals surface area contributed by atoms with Gasteiger partial charge in [0.1, 0.15) is 0 Å². The smallest absolute Gasteiger partial charge is 0.222 e. The number of carbonyl (C=O) groups is 1. The lowest BCUT2D eigenvalue weighted by Gasteiger charge is -1.83. The Kier molecular flexibility index (Phi) is 1.71. The van der Waals surface area contributed by atoms with E-state index in [2.05, 4.69) is 9.68 Å². The first-order valence-corrected chi connectivity index (χ1v) is 2.99. The topological polar surface area (TPSA) is 69.1 Å². The Labute approximate surface area is 58.0 Å². The van der Waals surface area contributed by atoms with E-state index in [1.54, 1.807) is 6.92 Å². The monoisotopic (exact) mass is 140 g/mol. The average Bonchev–Trinajstić information content (AvgIpc) is 2.34. The number of nitrogens with two attached hydrogens (primary N) is 1. The van der Waals surface area contributed by atoms with E-state index in [1.165, 1.54) is 6.07 Å². The first-order valence-electron chi connectivity index (χ1n) is 2.99. The predicted octanol–water partition coefficient (Wildman–Crippen LogP) is 0.850. The molecule has 0 spiro atoms. The molecule has 10 heavy (non-hydrogen) atoms. The molecule has 1 aromatic heterocycles. The number of Topliss-reactive ketones (excluding diaryl/α,β-unsaturated/α-hetero) is 1. The highest BCUT2D eigenvalue weighted by atomic mass is 16.5. The second kappa shape index (κ2) is 2.51. The molecule has 0 aromatic carbocycles.